The van der Waals surface area contributed by atoms with Gasteiger partial charge >= 0.3 is 0 Å². The molecule has 0 bridgehead atoms. The molecule has 2 aliphatic rings. The Morgan fingerprint density at radius 3 is 2.59 bits per heavy atom. The fraction of sp³-hybridized carbons (Fsp3) is 0.440. The lowest BCUT2D eigenvalue weighted by Gasteiger charge is -2.31. The highest BCUT2D eigenvalue weighted by Gasteiger charge is 2.28. The van der Waals surface area contributed by atoms with E-state index in [9.17, 15) is 9.59 Å². The lowest BCUT2D eigenvalue weighted by molar-refractivity contribution is -0.136. The van der Waals surface area contributed by atoms with Crippen LogP contribution in [-0.2, 0) is 9.59 Å². The summed E-state index contributed by atoms with van der Waals surface area (Å²) in [6.45, 7) is 7.54. The minimum atomic E-state index is -0.130. The summed E-state index contributed by atoms with van der Waals surface area (Å²) in [7, 11) is 0. The first-order valence-corrected chi connectivity index (χ1v) is 11.1. The van der Waals surface area contributed by atoms with Gasteiger partial charge < -0.3 is 24.4 Å². The molecule has 0 saturated carbocycles. The van der Waals surface area contributed by atoms with Crippen LogP contribution in [0.5, 0.6) is 17.2 Å². The molecule has 32 heavy (non-hydrogen) atoms. The fourth-order valence-corrected chi connectivity index (χ4v) is 4.08. The van der Waals surface area contributed by atoms with E-state index in [-0.39, 0.29) is 31.1 Å². The number of fused-ring (bicyclic) bond motifs is 1. The number of benzene rings is 2. The number of carbonyl (C=O) groups excluding carboxylic acids is 2. The third-order valence-electron chi connectivity index (χ3n) is 6.00. The second-order valence-corrected chi connectivity index (χ2v) is 8.70. The van der Waals surface area contributed by atoms with Crippen molar-refractivity contribution in [3.8, 4) is 17.2 Å². The predicted molar refractivity (Wildman–Crippen MR) is 121 cm³/mol. The highest BCUT2D eigenvalue weighted by molar-refractivity contribution is 5.93. The number of aryl methyl sites for hydroxylation is 1. The molecule has 4 rings (SSSR count). The molecule has 7 nitrogen and oxygen atoms in total. The van der Waals surface area contributed by atoms with Crippen LogP contribution < -0.4 is 19.5 Å². The van der Waals surface area contributed by atoms with E-state index >= 15 is 0 Å². The van der Waals surface area contributed by atoms with Gasteiger partial charge in [0.25, 0.3) is 5.91 Å². The monoisotopic (exact) mass is 438 g/mol. The number of nitrogens with zero attached hydrogens (tertiary/aromatic N) is 1. The number of anilines is 1. The second kappa shape index (κ2) is 9.51. The van der Waals surface area contributed by atoms with E-state index in [1.54, 1.807) is 23.1 Å². The predicted octanol–water partition coefficient (Wildman–Crippen LogP) is 4.10. The second-order valence-electron chi connectivity index (χ2n) is 8.70. The van der Waals surface area contributed by atoms with Crippen LogP contribution in [0.3, 0.4) is 0 Å². The van der Waals surface area contributed by atoms with Crippen molar-refractivity contribution in [3.63, 3.8) is 0 Å². The molecule has 0 unspecified atom stereocenters. The van der Waals surface area contributed by atoms with Crippen LogP contribution in [0.2, 0.25) is 0 Å². The highest BCUT2D eigenvalue weighted by atomic mass is 16.7. The van der Waals surface area contributed by atoms with Crippen LogP contribution in [0.25, 0.3) is 0 Å². The van der Waals surface area contributed by atoms with Crippen molar-refractivity contribution in [2.24, 2.45) is 5.92 Å². The molecule has 0 atom stereocenters. The number of piperidine rings is 1. The first kappa shape index (κ1) is 22.0. The fourth-order valence-electron chi connectivity index (χ4n) is 4.08. The zero-order chi connectivity index (χ0) is 22.7. The van der Waals surface area contributed by atoms with Gasteiger partial charge in [-0.05, 0) is 55.0 Å². The van der Waals surface area contributed by atoms with Gasteiger partial charge in [-0.15, -0.1) is 0 Å². The summed E-state index contributed by atoms with van der Waals surface area (Å²) in [4.78, 5) is 27.2. The molecule has 0 aliphatic carbocycles. The number of nitrogens with one attached hydrogen (secondary N) is 1. The smallest absolute Gasteiger partial charge is 0.260 e. The minimum absolute atomic E-state index is 0.0111. The molecule has 0 aromatic heterocycles. The third kappa shape index (κ3) is 4.98. The zero-order valence-electron chi connectivity index (χ0n) is 18.8. The molecule has 2 aromatic carbocycles. The molecule has 2 aliphatic heterocycles. The van der Waals surface area contributed by atoms with Gasteiger partial charge in [0.05, 0.1) is 0 Å². The molecule has 0 spiro atoms. The maximum Gasteiger partial charge on any atom is 0.260 e. The summed E-state index contributed by atoms with van der Waals surface area (Å²) in [5, 5.41) is 2.95. The highest BCUT2D eigenvalue weighted by Crippen LogP contribution is 2.34. The van der Waals surface area contributed by atoms with Crippen LogP contribution >= 0.6 is 0 Å². The molecule has 170 valence electrons. The van der Waals surface area contributed by atoms with Crippen molar-refractivity contribution in [3.05, 3.63) is 47.5 Å². The van der Waals surface area contributed by atoms with E-state index in [2.05, 4.69) is 31.3 Å². The summed E-state index contributed by atoms with van der Waals surface area (Å²) in [6.07, 6.45) is 1.26. The van der Waals surface area contributed by atoms with E-state index in [0.717, 1.165) is 16.9 Å². The Hall–Kier alpha value is -3.22. The van der Waals surface area contributed by atoms with Crippen molar-refractivity contribution < 1.29 is 23.8 Å². The number of amides is 2. The lowest BCUT2D eigenvalue weighted by Crippen LogP contribution is -2.43. The number of hydrogen-bond donors (Lipinski definition) is 1. The van der Waals surface area contributed by atoms with Gasteiger partial charge in [0.15, 0.2) is 18.1 Å². The zero-order valence-corrected chi connectivity index (χ0v) is 18.8. The van der Waals surface area contributed by atoms with Crippen LogP contribution in [0.1, 0.15) is 43.7 Å². The van der Waals surface area contributed by atoms with Crippen LogP contribution in [-0.4, -0.2) is 43.2 Å². The maximum absolute atomic E-state index is 12.7. The number of hydrogen-bond acceptors (Lipinski definition) is 5. The Kier molecular flexibility index (Phi) is 6.53. The van der Waals surface area contributed by atoms with Crippen molar-refractivity contribution in [1.82, 2.24) is 4.90 Å². The lowest BCUT2D eigenvalue weighted by atomic mass is 9.95. The van der Waals surface area contributed by atoms with Gasteiger partial charge in [-0.3, -0.25) is 9.59 Å². The van der Waals surface area contributed by atoms with Gasteiger partial charge in [0, 0.05) is 30.8 Å². The van der Waals surface area contributed by atoms with Crippen molar-refractivity contribution in [1.29, 1.82) is 0 Å². The Bertz CT molecular complexity index is 996. The molecule has 1 N–H and O–H groups in total. The average Bonchev–Trinajstić information content (AvgIpc) is 3.25. The van der Waals surface area contributed by atoms with E-state index in [4.69, 9.17) is 14.2 Å². The van der Waals surface area contributed by atoms with E-state index in [0.29, 0.717) is 49.0 Å². The first-order valence-electron chi connectivity index (χ1n) is 11.1. The summed E-state index contributed by atoms with van der Waals surface area (Å²) in [5.74, 6) is 2.20. The number of ether oxygens (including phenoxy) is 3. The average molecular weight is 439 g/mol. The third-order valence-corrected chi connectivity index (χ3v) is 6.00. The summed E-state index contributed by atoms with van der Waals surface area (Å²) < 4.78 is 16.5. The molecule has 2 heterocycles. The number of likely N-dealkylation sites (tertiary alicyclic amines) is 1. The van der Waals surface area contributed by atoms with Crippen molar-refractivity contribution >= 4 is 17.5 Å². The number of rotatable bonds is 6. The quantitative estimate of drug-likeness (QED) is 0.735. The van der Waals surface area contributed by atoms with Gasteiger partial charge in [0.2, 0.25) is 12.7 Å². The summed E-state index contributed by atoms with van der Waals surface area (Å²) in [6, 6.07) is 11.5. The van der Waals surface area contributed by atoms with Crippen LogP contribution in [0, 0.1) is 12.8 Å². The van der Waals surface area contributed by atoms with E-state index < -0.39 is 0 Å². The number of carbonyl (C=O) groups is 2. The molecule has 1 saturated heterocycles. The Balaban J connectivity index is 1.27. The molecule has 2 aromatic rings. The van der Waals surface area contributed by atoms with Gasteiger partial charge in [-0.2, -0.15) is 0 Å². The molecule has 2 amide bonds. The van der Waals surface area contributed by atoms with E-state index in [1.165, 1.54) is 0 Å². The van der Waals surface area contributed by atoms with Gasteiger partial charge in [-0.1, -0.05) is 26.0 Å². The largest absolute Gasteiger partial charge is 0.483 e. The Labute approximate surface area is 188 Å². The molecule has 7 heteroatoms. The maximum atomic E-state index is 12.7. The molecular formula is C25H30N2O5. The van der Waals surface area contributed by atoms with Crippen LogP contribution in [0.4, 0.5) is 5.69 Å². The topological polar surface area (TPSA) is 77.1 Å². The standard InChI is InChI=1S/C25H30N2O5/c1-16(2)20-6-4-17(3)12-22(20)30-14-24(28)27-10-8-18(9-11-27)25(29)26-19-5-7-21-23(13-19)32-15-31-21/h4-7,12-13,16,18H,8-11,14-15H2,1-3H3,(H,26,29). The van der Waals surface area contributed by atoms with Crippen LogP contribution in [0.15, 0.2) is 36.4 Å². The SMILES string of the molecule is Cc1ccc(C(C)C)c(OCC(=O)N2CCC(C(=O)Nc3ccc4c(c3)OCO4)CC2)c1. The Morgan fingerprint density at radius 2 is 1.84 bits per heavy atom. The minimum Gasteiger partial charge on any atom is -0.483 e. The molecule has 1 fully saturated rings. The van der Waals surface area contributed by atoms with Gasteiger partial charge in [0.1, 0.15) is 5.75 Å². The molecular weight excluding hydrogens is 408 g/mol. The summed E-state index contributed by atoms with van der Waals surface area (Å²) in [5.41, 5.74) is 2.89. The van der Waals surface area contributed by atoms with Gasteiger partial charge in [-0.25, -0.2) is 0 Å². The normalized spacial score (nSPS) is 15.7. The van der Waals surface area contributed by atoms with Crippen molar-refractivity contribution in [2.45, 2.75) is 39.5 Å². The Morgan fingerprint density at radius 1 is 1.09 bits per heavy atom. The first-order chi connectivity index (χ1) is 15.4. The summed E-state index contributed by atoms with van der Waals surface area (Å²) >= 11 is 0. The van der Waals surface area contributed by atoms with Crippen molar-refractivity contribution in [2.75, 3.05) is 31.8 Å². The molecule has 0 radical (unpaired) electrons. The van der Waals surface area contributed by atoms with E-state index in [1.807, 2.05) is 13.0 Å².